The van der Waals surface area contributed by atoms with Crippen LogP contribution in [0.15, 0.2) is 12.1 Å². The van der Waals surface area contributed by atoms with E-state index in [2.05, 4.69) is 5.32 Å². The molecular weight excluding hydrogens is 584 g/mol. The normalized spacial score (nSPS) is 20.2. The van der Waals surface area contributed by atoms with Gasteiger partial charge in [0.25, 0.3) is 11.8 Å². The standard InChI is InChI=1S/C32H48N4O9/c1-9-27(37)33-13-15-35-25-17-24(21(5)16-26(25)45-32(7,19-42-8)30(35)40)29(39)36(20(3)4)23-12-11-14-34(18-23)31(41)44-22(6)43-28(38)10-2/h16-17,20,22-23H,9-15,18-19H2,1-8H3,(H,33,37)/t22?,23-,32?/m1/s1. The van der Waals surface area contributed by atoms with Crippen LogP contribution in [0.25, 0.3) is 0 Å². The van der Waals surface area contributed by atoms with E-state index in [9.17, 15) is 24.0 Å². The van der Waals surface area contributed by atoms with Gasteiger partial charge in [0.15, 0.2) is 0 Å². The Kier molecular flexibility index (Phi) is 12.2. The first-order valence-corrected chi connectivity index (χ1v) is 15.6. The van der Waals surface area contributed by atoms with E-state index in [4.69, 9.17) is 18.9 Å². The summed E-state index contributed by atoms with van der Waals surface area (Å²) >= 11 is 0. The number of esters is 1. The van der Waals surface area contributed by atoms with Crippen molar-refractivity contribution in [3.05, 3.63) is 23.3 Å². The zero-order chi connectivity index (χ0) is 33.5. The van der Waals surface area contributed by atoms with E-state index in [0.717, 1.165) is 0 Å². The number of anilines is 1. The van der Waals surface area contributed by atoms with Gasteiger partial charge in [0.1, 0.15) is 5.75 Å². The number of methoxy groups -OCH3 is 1. The fraction of sp³-hybridized carbons (Fsp3) is 0.656. The molecule has 0 saturated carbocycles. The quantitative estimate of drug-likeness (QED) is 0.271. The minimum atomic E-state index is -1.29. The Bertz CT molecular complexity index is 1270. The van der Waals surface area contributed by atoms with Gasteiger partial charge in [-0.05, 0) is 58.2 Å². The van der Waals surface area contributed by atoms with E-state index in [1.54, 1.807) is 37.8 Å². The van der Waals surface area contributed by atoms with Crippen molar-refractivity contribution in [2.24, 2.45) is 0 Å². The number of likely N-dealkylation sites (tertiary alicyclic amines) is 1. The Morgan fingerprint density at radius 2 is 1.84 bits per heavy atom. The van der Waals surface area contributed by atoms with Crippen molar-refractivity contribution in [1.29, 1.82) is 0 Å². The minimum Gasteiger partial charge on any atom is -0.473 e. The number of nitrogens with zero attached hydrogens (tertiary/aromatic N) is 3. The molecular formula is C32H48N4O9. The highest BCUT2D eigenvalue weighted by molar-refractivity contribution is 6.05. The summed E-state index contributed by atoms with van der Waals surface area (Å²) in [7, 11) is 1.49. The molecule has 1 fully saturated rings. The predicted molar refractivity (Wildman–Crippen MR) is 166 cm³/mol. The van der Waals surface area contributed by atoms with Crippen LogP contribution in [0.2, 0.25) is 0 Å². The van der Waals surface area contributed by atoms with Gasteiger partial charge in [-0.25, -0.2) is 4.79 Å². The Balaban J connectivity index is 1.89. The number of hydrogen-bond donors (Lipinski definition) is 1. The molecule has 0 radical (unpaired) electrons. The lowest BCUT2D eigenvalue weighted by molar-refractivity contribution is -0.166. The molecule has 0 bridgehead atoms. The molecule has 2 aliphatic rings. The van der Waals surface area contributed by atoms with Crippen LogP contribution in [0.1, 0.15) is 83.1 Å². The monoisotopic (exact) mass is 632 g/mol. The number of rotatable bonds is 12. The van der Waals surface area contributed by atoms with E-state index in [0.29, 0.717) is 48.4 Å². The molecule has 45 heavy (non-hydrogen) atoms. The van der Waals surface area contributed by atoms with E-state index >= 15 is 0 Å². The highest BCUT2D eigenvalue weighted by Gasteiger charge is 2.45. The molecule has 4 amide bonds. The molecule has 1 aromatic rings. The molecule has 2 aliphatic heterocycles. The number of carbonyl (C=O) groups is 5. The largest absolute Gasteiger partial charge is 0.473 e. The first kappa shape index (κ1) is 35.6. The number of benzene rings is 1. The van der Waals surface area contributed by atoms with Gasteiger partial charge < -0.3 is 39.0 Å². The number of ether oxygens (including phenoxy) is 4. The van der Waals surface area contributed by atoms with Crippen molar-refractivity contribution in [2.75, 3.05) is 44.8 Å². The van der Waals surface area contributed by atoms with Crippen molar-refractivity contribution in [2.45, 2.75) is 98.1 Å². The number of carbonyl (C=O) groups excluding carboxylic acids is 5. The SMILES string of the molecule is CCC(=O)NCCN1C(=O)C(C)(COC)Oc2cc(C)c(C(=O)N(C(C)C)[C@@H]3CCCN(C(=O)OC(C)OC(=O)CC)C3)cc21. The molecule has 1 N–H and O–H groups in total. The van der Waals surface area contributed by atoms with Crippen LogP contribution in [0, 0.1) is 6.92 Å². The van der Waals surface area contributed by atoms with E-state index in [1.807, 2.05) is 20.8 Å². The molecule has 1 saturated heterocycles. The third-order valence-corrected chi connectivity index (χ3v) is 7.95. The Morgan fingerprint density at radius 1 is 1.13 bits per heavy atom. The van der Waals surface area contributed by atoms with Gasteiger partial charge in [0.2, 0.25) is 17.8 Å². The van der Waals surface area contributed by atoms with Crippen LogP contribution in [-0.2, 0) is 28.6 Å². The summed E-state index contributed by atoms with van der Waals surface area (Å²) in [5.74, 6) is -0.752. The third-order valence-electron chi connectivity index (χ3n) is 7.95. The smallest absolute Gasteiger partial charge is 0.412 e. The fourth-order valence-corrected chi connectivity index (χ4v) is 5.71. The molecule has 250 valence electrons. The maximum Gasteiger partial charge on any atom is 0.412 e. The van der Waals surface area contributed by atoms with Gasteiger partial charge in [-0.1, -0.05) is 13.8 Å². The van der Waals surface area contributed by atoms with E-state index < -0.39 is 24.0 Å². The van der Waals surface area contributed by atoms with Crippen molar-refractivity contribution in [1.82, 2.24) is 15.1 Å². The number of hydrogen-bond acceptors (Lipinski definition) is 9. The second-order valence-corrected chi connectivity index (χ2v) is 11.9. The maximum absolute atomic E-state index is 14.3. The zero-order valence-electron chi connectivity index (χ0n) is 27.8. The number of fused-ring (bicyclic) bond motifs is 1. The molecule has 0 aliphatic carbocycles. The molecule has 3 atom stereocenters. The number of piperidine rings is 1. The molecule has 0 spiro atoms. The maximum atomic E-state index is 14.3. The van der Waals surface area contributed by atoms with Crippen LogP contribution >= 0.6 is 0 Å². The summed E-state index contributed by atoms with van der Waals surface area (Å²) < 4.78 is 21.9. The average molecular weight is 633 g/mol. The number of aryl methyl sites for hydroxylation is 1. The predicted octanol–water partition coefficient (Wildman–Crippen LogP) is 3.40. The van der Waals surface area contributed by atoms with Crippen LogP contribution in [0.4, 0.5) is 10.5 Å². The lowest BCUT2D eigenvalue weighted by Crippen LogP contribution is -2.58. The zero-order valence-corrected chi connectivity index (χ0v) is 27.8. The Hall–Kier alpha value is -3.87. The van der Waals surface area contributed by atoms with Crippen LogP contribution in [0.3, 0.4) is 0 Å². The van der Waals surface area contributed by atoms with E-state index in [-0.39, 0.29) is 62.5 Å². The van der Waals surface area contributed by atoms with Crippen LogP contribution < -0.4 is 15.0 Å². The van der Waals surface area contributed by atoms with Gasteiger partial charge in [-0.15, -0.1) is 0 Å². The molecule has 1 aromatic carbocycles. The van der Waals surface area contributed by atoms with Gasteiger partial charge in [0.05, 0.1) is 18.3 Å². The number of amides is 4. The summed E-state index contributed by atoms with van der Waals surface area (Å²) in [5, 5.41) is 2.81. The summed E-state index contributed by atoms with van der Waals surface area (Å²) in [6, 6.07) is 2.92. The van der Waals surface area contributed by atoms with Gasteiger partial charge in [0, 0.05) is 64.7 Å². The molecule has 2 unspecified atom stereocenters. The second kappa shape index (κ2) is 15.4. The summed E-state index contributed by atoms with van der Waals surface area (Å²) in [4.78, 5) is 69.2. The first-order chi connectivity index (χ1) is 21.3. The van der Waals surface area contributed by atoms with Gasteiger partial charge >= 0.3 is 12.1 Å². The molecule has 0 aromatic heterocycles. The fourth-order valence-electron chi connectivity index (χ4n) is 5.71. The Morgan fingerprint density at radius 3 is 2.47 bits per heavy atom. The second-order valence-electron chi connectivity index (χ2n) is 11.9. The van der Waals surface area contributed by atoms with Crippen molar-refractivity contribution >= 4 is 35.5 Å². The van der Waals surface area contributed by atoms with Crippen molar-refractivity contribution in [3.8, 4) is 5.75 Å². The van der Waals surface area contributed by atoms with Gasteiger partial charge in [-0.2, -0.15) is 0 Å². The molecule has 3 rings (SSSR count). The summed E-state index contributed by atoms with van der Waals surface area (Å²) in [5.41, 5.74) is 0.208. The summed E-state index contributed by atoms with van der Waals surface area (Å²) in [6.07, 6.45) is 0.178. The number of nitrogens with one attached hydrogen (secondary N) is 1. The molecule has 2 heterocycles. The lowest BCUT2D eigenvalue weighted by Gasteiger charge is -2.42. The van der Waals surface area contributed by atoms with Crippen molar-refractivity contribution < 1.29 is 42.9 Å². The molecule has 13 nitrogen and oxygen atoms in total. The third kappa shape index (κ3) is 8.44. The van der Waals surface area contributed by atoms with Crippen LogP contribution in [0.5, 0.6) is 5.75 Å². The lowest BCUT2D eigenvalue weighted by atomic mass is 9.97. The van der Waals surface area contributed by atoms with Crippen LogP contribution in [-0.4, -0.2) is 103 Å². The molecule has 13 heteroatoms. The minimum absolute atomic E-state index is 0.0182. The van der Waals surface area contributed by atoms with E-state index in [1.165, 1.54) is 23.8 Å². The first-order valence-electron chi connectivity index (χ1n) is 15.6. The highest BCUT2D eigenvalue weighted by Crippen LogP contribution is 2.40. The average Bonchev–Trinajstić information content (AvgIpc) is 2.98. The topological polar surface area (TPSA) is 144 Å². The van der Waals surface area contributed by atoms with Crippen molar-refractivity contribution in [3.63, 3.8) is 0 Å². The Labute approximate surface area is 265 Å². The van der Waals surface area contributed by atoms with Gasteiger partial charge in [-0.3, -0.25) is 19.2 Å². The highest BCUT2D eigenvalue weighted by atomic mass is 16.7. The summed E-state index contributed by atoms with van der Waals surface area (Å²) in [6.45, 7) is 13.3.